The number of hydrogen-bond donors (Lipinski definition) is 1. The first kappa shape index (κ1) is 13.0. The summed E-state index contributed by atoms with van der Waals surface area (Å²) in [6.45, 7) is 1.90. The van der Waals surface area contributed by atoms with Crippen LogP contribution in [0.25, 0.3) is 0 Å². The van der Waals surface area contributed by atoms with Gasteiger partial charge in [-0.25, -0.2) is 8.78 Å². The summed E-state index contributed by atoms with van der Waals surface area (Å²) >= 11 is 0. The largest absolute Gasteiger partial charge is 0.314 e. The van der Waals surface area contributed by atoms with Crippen molar-refractivity contribution in [2.45, 2.75) is 31.3 Å². The third-order valence-electron chi connectivity index (χ3n) is 4.30. The van der Waals surface area contributed by atoms with Gasteiger partial charge < -0.3 is 5.32 Å². The van der Waals surface area contributed by atoms with Crippen molar-refractivity contribution in [3.05, 3.63) is 35.4 Å². The Morgan fingerprint density at radius 3 is 2.74 bits per heavy atom. The molecule has 2 nitrogen and oxygen atoms in total. The lowest BCUT2D eigenvalue weighted by Crippen LogP contribution is -2.30. The number of likely N-dealkylation sites (tertiary alicyclic amines) is 1. The van der Waals surface area contributed by atoms with E-state index < -0.39 is 11.6 Å². The normalized spacial score (nSPS) is 27.9. The highest BCUT2D eigenvalue weighted by molar-refractivity contribution is 5.24. The molecule has 3 rings (SSSR count). The third-order valence-corrected chi connectivity index (χ3v) is 4.30. The van der Waals surface area contributed by atoms with E-state index in [0.29, 0.717) is 17.5 Å². The molecule has 1 aromatic rings. The molecule has 2 unspecified atom stereocenters. The number of hydrogen-bond acceptors (Lipinski definition) is 2. The lowest BCUT2D eigenvalue weighted by atomic mass is 9.93. The van der Waals surface area contributed by atoms with Gasteiger partial charge in [-0.1, -0.05) is 6.07 Å². The Morgan fingerprint density at radius 1 is 1.26 bits per heavy atom. The van der Waals surface area contributed by atoms with Crippen molar-refractivity contribution in [2.24, 2.45) is 5.92 Å². The third kappa shape index (κ3) is 2.79. The fourth-order valence-corrected chi connectivity index (χ4v) is 3.08. The Labute approximate surface area is 112 Å². The summed E-state index contributed by atoms with van der Waals surface area (Å²) < 4.78 is 27.0. The summed E-state index contributed by atoms with van der Waals surface area (Å²) in [6, 6.07) is 4.68. The fourth-order valence-electron chi connectivity index (χ4n) is 3.08. The second kappa shape index (κ2) is 5.17. The first-order chi connectivity index (χ1) is 9.15. The van der Waals surface area contributed by atoms with Gasteiger partial charge in [0.25, 0.3) is 0 Å². The average Bonchev–Trinajstić information content (AvgIpc) is 3.12. The second-order valence-electron chi connectivity index (χ2n) is 5.82. The Kier molecular flexibility index (Phi) is 3.54. The van der Waals surface area contributed by atoms with Crippen molar-refractivity contribution in [3.8, 4) is 0 Å². The van der Waals surface area contributed by atoms with E-state index in [1.54, 1.807) is 6.07 Å². The molecule has 0 spiro atoms. The summed E-state index contributed by atoms with van der Waals surface area (Å²) in [6.07, 6.45) is 3.59. The molecular weight excluding hydrogens is 246 g/mol. The van der Waals surface area contributed by atoms with E-state index in [1.807, 2.05) is 7.05 Å². The predicted molar refractivity (Wildman–Crippen MR) is 70.9 cm³/mol. The molecule has 0 aromatic heterocycles. The standard InChI is InChI=1S/C15H20F2N2/c1-19-7-6-10(9-18-12-3-4-12)15(19)13-5-2-11(16)8-14(13)17/h2,5,8,10,12,15,18H,3-4,6-7,9H2,1H3. The van der Waals surface area contributed by atoms with Crippen LogP contribution in [0, 0.1) is 17.6 Å². The van der Waals surface area contributed by atoms with Crippen molar-refractivity contribution < 1.29 is 8.78 Å². The average molecular weight is 266 g/mol. The minimum absolute atomic E-state index is 0.0619. The van der Waals surface area contributed by atoms with Crippen LogP contribution in [0.5, 0.6) is 0 Å². The van der Waals surface area contributed by atoms with Crippen LogP contribution in [0.2, 0.25) is 0 Å². The minimum Gasteiger partial charge on any atom is -0.314 e. The number of benzene rings is 1. The molecule has 2 fully saturated rings. The maximum absolute atomic E-state index is 14.0. The van der Waals surface area contributed by atoms with Gasteiger partial charge >= 0.3 is 0 Å². The van der Waals surface area contributed by atoms with Crippen molar-refractivity contribution in [1.29, 1.82) is 0 Å². The first-order valence-electron chi connectivity index (χ1n) is 7.03. The van der Waals surface area contributed by atoms with E-state index in [9.17, 15) is 8.78 Å². The summed E-state index contributed by atoms with van der Waals surface area (Å²) in [5.41, 5.74) is 0.629. The zero-order valence-electron chi connectivity index (χ0n) is 11.2. The smallest absolute Gasteiger partial charge is 0.130 e. The van der Waals surface area contributed by atoms with Crippen LogP contribution in [-0.2, 0) is 0 Å². The number of nitrogens with zero attached hydrogens (tertiary/aromatic N) is 1. The molecule has 1 saturated heterocycles. The Morgan fingerprint density at radius 2 is 2.05 bits per heavy atom. The molecule has 104 valence electrons. The van der Waals surface area contributed by atoms with Crippen molar-refractivity contribution >= 4 is 0 Å². The molecule has 1 heterocycles. The zero-order valence-corrected chi connectivity index (χ0v) is 11.2. The maximum atomic E-state index is 14.0. The molecule has 0 radical (unpaired) electrons. The summed E-state index contributed by atoms with van der Waals surface area (Å²) in [5.74, 6) is -0.518. The highest BCUT2D eigenvalue weighted by Crippen LogP contribution is 2.37. The fraction of sp³-hybridized carbons (Fsp3) is 0.600. The molecule has 2 aliphatic rings. The van der Waals surface area contributed by atoms with Gasteiger partial charge in [-0.3, -0.25) is 4.90 Å². The van der Waals surface area contributed by atoms with Gasteiger partial charge in [0.05, 0.1) is 0 Å². The Hall–Kier alpha value is -1.00. The van der Waals surface area contributed by atoms with Gasteiger partial charge in [0.2, 0.25) is 0 Å². The summed E-state index contributed by atoms with van der Waals surface area (Å²) in [7, 11) is 2.02. The molecule has 4 heteroatoms. The van der Waals surface area contributed by atoms with Crippen molar-refractivity contribution in [3.63, 3.8) is 0 Å². The van der Waals surface area contributed by atoms with Gasteiger partial charge in [0, 0.05) is 30.3 Å². The van der Waals surface area contributed by atoms with Gasteiger partial charge in [-0.05, 0) is 44.8 Å². The number of nitrogens with one attached hydrogen (secondary N) is 1. The van der Waals surface area contributed by atoms with E-state index >= 15 is 0 Å². The van der Waals surface area contributed by atoms with Crippen LogP contribution < -0.4 is 5.32 Å². The highest BCUT2D eigenvalue weighted by atomic mass is 19.1. The first-order valence-corrected chi connectivity index (χ1v) is 7.03. The van der Waals surface area contributed by atoms with E-state index in [1.165, 1.54) is 18.9 Å². The molecule has 1 saturated carbocycles. The minimum atomic E-state index is -0.505. The lowest BCUT2D eigenvalue weighted by Gasteiger charge is -2.26. The van der Waals surface area contributed by atoms with Crippen molar-refractivity contribution in [2.75, 3.05) is 20.1 Å². The number of rotatable bonds is 4. The van der Waals surface area contributed by atoms with E-state index in [-0.39, 0.29) is 6.04 Å². The molecule has 1 aliphatic heterocycles. The lowest BCUT2D eigenvalue weighted by molar-refractivity contribution is 0.264. The number of halogens is 2. The molecular formula is C15H20F2N2. The maximum Gasteiger partial charge on any atom is 0.130 e. The van der Waals surface area contributed by atoms with E-state index in [2.05, 4.69) is 10.2 Å². The molecule has 0 amide bonds. The zero-order chi connectivity index (χ0) is 13.4. The van der Waals surface area contributed by atoms with Crippen LogP contribution in [0.15, 0.2) is 18.2 Å². The van der Waals surface area contributed by atoms with Gasteiger partial charge in [-0.2, -0.15) is 0 Å². The monoisotopic (exact) mass is 266 g/mol. The second-order valence-corrected chi connectivity index (χ2v) is 5.82. The topological polar surface area (TPSA) is 15.3 Å². The molecule has 19 heavy (non-hydrogen) atoms. The summed E-state index contributed by atoms with van der Waals surface area (Å²) in [5, 5.41) is 3.53. The molecule has 0 bridgehead atoms. The van der Waals surface area contributed by atoms with Crippen LogP contribution in [0.4, 0.5) is 8.78 Å². The highest BCUT2D eigenvalue weighted by Gasteiger charge is 2.35. The van der Waals surface area contributed by atoms with E-state index in [0.717, 1.165) is 25.6 Å². The van der Waals surface area contributed by atoms with Crippen LogP contribution in [0.3, 0.4) is 0 Å². The van der Waals surface area contributed by atoms with Gasteiger partial charge in [0.15, 0.2) is 0 Å². The predicted octanol–water partition coefficient (Wildman–Crippen LogP) is 2.71. The quantitative estimate of drug-likeness (QED) is 0.901. The van der Waals surface area contributed by atoms with Crippen LogP contribution >= 0.6 is 0 Å². The summed E-state index contributed by atoms with van der Waals surface area (Å²) in [4.78, 5) is 2.18. The molecule has 1 aliphatic carbocycles. The van der Waals surface area contributed by atoms with Crippen LogP contribution in [0.1, 0.15) is 30.9 Å². The van der Waals surface area contributed by atoms with Crippen molar-refractivity contribution in [1.82, 2.24) is 10.2 Å². The van der Waals surface area contributed by atoms with Gasteiger partial charge in [0.1, 0.15) is 11.6 Å². The van der Waals surface area contributed by atoms with Crippen LogP contribution in [-0.4, -0.2) is 31.1 Å². The molecule has 1 aromatic carbocycles. The van der Waals surface area contributed by atoms with E-state index in [4.69, 9.17) is 0 Å². The SMILES string of the molecule is CN1CCC(CNC2CC2)C1c1ccc(F)cc1F. The molecule has 2 atom stereocenters. The van der Waals surface area contributed by atoms with Gasteiger partial charge in [-0.15, -0.1) is 0 Å². The Bertz CT molecular complexity index is 459. The molecule has 1 N–H and O–H groups in total. The Balaban J connectivity index is 1.77.